The molecule has 2 atom stereocenters. The van der Waals surface area contributed by atoms with Gasteiger partial charge >= 0.3 is 0 Å². The monoisotopic (exact) mass is 275 g/mol. The molecule has 1 aliphatic carbocycles. The number of pyridine rings is 1. The van der Waals surface area contributed by atoms with E-state index in [0.29, 0.717) is 10.7 Å². The molecular formula is C14H14BrN. The Bertz CT molecular complexity index is 504. The molecule has 0 bridgehead atoms. The maximum absolute atomic E-state index is 4.54. The van der Waals surface area contributed by atoms with Gasteiger partial charge < -0.3 is 0 Å². The van der Waals surface area contributed by atoms with Gasteiger partial charge in [-0.2, -0.15) is 0 Å². The van der Waals surface area contributed by atoms with Crippen LogP contribution in [0.4, 0.5) is 0 Å². The van der Waals surface area contributed by atoms with Crippen LogP contribution in [-0.4, -0.2) is 9.81 Å². The highest BCUT2D eigenvalue weighted by Crippen LogP contribution is 2.41. The van der Waals surface area contributed by atoms with Gasteiger partial charge in [-0.1, -0.05) is 46.6 Å². The minimum atomic E-state index is 0.625. The van der Waals surface area contributed by atoms with Gasteiger partial charge in [-0.05, 0) is 30.4 Å². The van der Waals surface area contributed by atoms with Crippen molar-refractivity contribution in [3.8, 4) is 0 Å². The van der Waals surface area contributed by atoms with Crippen LogP contribution in [0.3, 0.4) is 0 Å². The number of benzene rings is 1. The maximum atomic E-state index is 4.54. The quantitative estimate of drug-likeness (QED) is 0.709. The summed E-state index contributed by atoms with van der Waals surface area (Å²) >= 11 is 3.80. The van der Waals surface area contributed by atoms with Crippen LogP contribution >= 0.6 is 15.9 Å². The minimum Gasteiger partial charge on any atom is -0.256 e. The molecule has 1 aromatic heterocycles. The first-order chi connectivity index (χ1) is 7.86. The van der Waals surface area contributed by atoms with Crippen molar-refractivity contribution >= 4 is 26.8 Å². The summed E-state index contributed by atoms with van der Waals surface area (Å²) in [7, 11) is 0. The van der Waals surface area contributed by atoms with E-state index in [0.717, 1.165) is 0 Å². The summed E-state index contributed by atoms with van der Waals surface area (Å²) in [4.78, 5) is 5.16. The first kappa shape index (κ1) is 10.3. The average molecular weight is 276 g/mol. The summed E-state index contributed by atoms with van der Waals surface area (Å²) in [5, 5.41) is 1.26. The third kappa shape index (κ3) is 1.65. The number of halogens is 1. The van der Waals surface area contributed by atoms with Gasteiger partial charge in [0.15, 0.2) is 0 Å². The normalized spacial score (nSPS) is 25.1. The molecule has 1 aromatic carbocycles. The van der Waals surface area contributed by atoms with E-state index in [9.17, 15) is 0 Å². The summed E-state index contributed by atoms with van der Waals surface area (Å²) in [6.45, 7) is 0. The fourth-order valence-corrected chi connectivity index (χ4v) is 3.57. The molecule has 0 spiro atoms. The zero-order chi connectivity index (χ0) is 11.0. The van der Waals surface area contributed by atoms with E-state index in [4.69, 9.17) is 0 Å². The van der Waals surface area contributed by atoms with Crippen LogP contribution in [0.25, 0.3) is 10.9 Å². The predicted octanol–water partition coefficient (Wildman–Crippen LogP) is 4.27. The molecule has 1 heterocycles. The zero-order valence-corrected chi connectivity index (χ0v) is 10.7. The molecule has 3 rings (SSSR count). The maximum Gasteiger partial charge on any atom is 0.0737 e. The third-order valence-electron chi connectivity index (χ3n) is 3.50. The topological polar surface area (TPSA) is 12.9 Å². The second-order valence-corrected chi connectivity index (χ2v) is 5.65. The molecule has 1 fully saturated rings. The Hall–Kier alpha value is -0.890. The molecule has 0 N–H and O–H groups in total. The number of alkyl halides is 1. The minimum absolute atomic E-state index is 0.625. The second-order valence-electron chi connectivity index (χ2n) is 4.48. The van der Waals surface area contributed by atoms with Crippen molar-refractivity contribution in [2.24, 2.45) is 0 Å². The molecule has 1 aliphatic rings. The first-order valence-corrected chi connectivity index (χ1v) is 6.75. The van der Waals surface area contributed by atoms with Crippen molar-refractivity contribution < 1.29 is 0 Å². The standard InChI is InChI=1S/C14H14BrN/c15-13-8-2-6-11(13)12-7-1-4-10-5-3-9-16-14(10)12/h1,3-5,7,9,11,13H,2,6,8H2. The van der Waals surface area contributed by atoms with Crippen LogP contribution in [0.2, 0.25) is 0 Å². The number of para-hydroxylation sites is 1. The van der Waals surface area contributed by atoms with Crippen LogP contribution < -0.4 is 0 Å². The smallest absolute Gasteiger partial charge is 0.0737 e. The van der Waals surface area contributed by atoms with E-state index >= 15 is 0 Å². The van der Waals surface area contributed by atoms with Crippen LogP contribution in [0.1, 0.15) is 30.7 Å². The molecule has 1 nitrogen and oxygen atoms in total. The Morgan fingerprint density at radius 3 is 2.81 bits per heavy atom. The van der Waals surface area contributed by atoms with Gasteiger partial charge in [0.05, 0.1) is 5.52 Å². The lowest BCUT2D eigenvalue weighted by Crippen LogP contribution is -2.05. The molecule has 2 heteroatoms. The summed E-state index contributed by atoms with van der Waals surface area (Å²) in [5.41, 5.74) is 2.60. The summed E-state index contributed by atoms with van der Waals surface area (Å²) in [6, 6.07) is 10.7. The zero-order valence-electron chi connectivity index (χ0n) is 9.07. The highest BCUT2D eigenvalue weighted by molar-refractivity contribution is 9.09. The van der Waals surface area contributed by atoms with Gasteiger partial charge in [-0.15, -0.1) is 0 Å². The SMILES string of the molecule is BrC1CCCC1c1cccc2cccnc12. The van der Waals surface area contributed by atoms with E-state index in [2.05, 4.69) is 45.2 Å². The highest BCUT2D eigenvalue weighted by Gasteiger charge is 2.27. The number of nitrogens with zero attached hydrogens (tertiary/aromatic N) is 1. The van der Waals surface area contributed by atoms with Gasteiger partial charge in [0.2, 0.25) is 0 Å². The number of hydrogen-bond acceptors (Lipinski definition) is 1. The molecule has 0 saturated heterocycles. The van der Waals surface area contributed by atoms with Crippen molar-refractivity contribution in [1.82, 2.24) is 4.98 Å². The van der Waals surface area contributed by atoms with Crippen molar-refractivity contribution in [1.29, 1.82) is 0 Å². The fraction of sp³-hybridized carbons (Fsp3) is 0.357. The largest absolute Gasteiger partial charge is 0.256 e. The number of rotatable bonds is 1. The summed E-state index contributed by atoms with van der Waals surface area (Å²) in [5.74, 6) is 0.638. The Morgan fingerprint density at radius 1 is 1.12 bits per heavy atom. The highest BCUT2D eigenvalue weighted by atomic mass is 79.9. The van der Waals surface area contributed by atoms with Crippen LogP contribution in [0.15, 0.2) is 36.5 Å². The Labute approximate surface area is 104 Å². The van der Waals surface area contributed by atoms with Gasteiger partial charge in [-0.25, -0.2) is 0 Å². The van der Waals surface area contributed by atoms with E-state index in [1.165, 1.54) is 35.7 Å². The molecule has 0 radical (unpaired) electrons. The van der Waals surface area contributed by atoms with E-state index in [-0.39, 0.29) is 0 Å². The second kappa shape index (κ2) is 4.17. The van der Waals surface area contributed by atoms with Crippen LogP contribution in [0, 0.1) is 0 Å². The van der Waals surface area contributed by atoms with Crippen molar-refractivity contribution in [3.05, 3.63) is 42.1 Å². The number of aromatic nitrogens is 1. The lowest BCUT2D eigenvalue weighted by atomic mass is 9.95. The molecule has 2 aromatic rings. The Morgan fingerprint density at radius 2 is 2.00 bits per heavy atom. The van der Waals surface area contributed by atoms with Crippen LogP contribution in [-0.2, 0) is 0 Å². The molecule has 16 heavy (non-hydrogen) atoms. The fourth-order valence-electron chi connectivity index (χ4n) is 2.69. The van der Waals surface area contributed by atoms with Gasteiger partial charge in [0.25, 0.3) is 0 Å². The molecule has 0 aliphatic heterocycles. The van der Waals surface area contributed by atoms with Crippen molar-refractivity contribution in [2.45, 2.75) is 30.0 Å². The Kier molecular flexibility index (Phi) is 2.68. The van der Waals surface area contributed by atoms with E-state index in [1.807, 2.05) is 12.3 Å². The molecule has 82 valence electrons. The number of hydrogen-bond donors (Lipinski definition) is 0. The average Bonchev–Trinajstić information content (AvgIpc) is 2.75. The lowest BCUT2D eigenvalue weighted by Gasteiger charge is -2.16. The first-order valence-electron chi connectivity index (χ1n) is 5.84. The Balaban J connectivity index is 2.16. The van der Waals surface area contributed by atoms with E-state index in [1.54, 1.807) is 0 Å². The predicted molar refractivity (Wildman–Crippen MR) is 71.1 cm³/mol. The molecular weight excluding hydrogens is 262 g/mol. The van der Waals surface area contributed by atoms with Gasteiger partial charge in [-0.3, -0.25) is 4.98 Å². The van der Waals surface area contributed by atoms with Crippen molar-refractivity contribution in [2.75, 3.05) is 0 Å². The van der Waals surface area contributed by atoms with Crippen LogP contribution in [0.5, 0.6) is 0 Å². The lowest BCUT2D eigenvalue weighted by molar-refractivity contribution is 0.747. The summed E-state index contributed by atoms with van der Waals surface area (Å²) in [6.07, 6.45) is 5.79. The van der Waals surface area contributed by atoms with E-state index < -0.39 is 0 Å². The molecule has 2 unspecified atom stereocenters. The molecule has 0 amide bonds. The number of fused-ring (bicyclic) bond motifs is 1. The van der Waals surface area contributed by atoms with Gasteiger partial charge in [0, 0.05) is 16.4 Å². The summed E-state index contributed by atoms with van der Waals surface area (Å²) < 4.78 is 0. The molecule has 1 saturated carbocycles. The van der Waals surface area contributed by atoms with Crippen molar-refractivity contribution in [3.63, 3.8) is 0 Å². The van der Waals surface area contributed by atoms with Gasteiger partial charge in [0.1, 0.15) is 0 Å². The third-order valence-corrected chi connectivity index (χ3v) is 4.59.